The van der Waals surface area contributed by atoms with Crippen LogP contribution in [-0.4, -0.2) is 19.6 Å². The number of nitrogens with zero attached hydrogens (tertiary/aromatic N) is 4. The van der Waals surface area contributed by atoms with Gasteiger partial charge in [-0.1, -0.05) is 31.3 Å². The number of aromatic nitrogens is 4. The molecule has 0 bridgehead atoms. The molecule has 0 radical (unpaired) electrons. The normalized spacial score (nSPS) is 11.4. The Labute approximate surface area is 128 Å². The summed E-state index contributed by atoms with van der Waals surface area (Å²) in [4.78, 5) is 4.56. The van der Waals surface area contributed by atoms with E-state index in [1.54, 1.807) is 11.3 Å². The van der Waals surface area contributed by atoms with Gasteiger partial charge in [0.25, 0.3) is 0 Å². The van der Waals surface area contributed by atoms with Gasteiger partial charge in [0.2, 0.25) is 5.13 Å². The van der Waals surface area contributed by atoms with E-state index in [4.69, 9.17) is 0 Å². The number of imidazole rings is 1. The minimum atomic E-state index is 0.604. The predicted molar refractivity (Wildman–Crippen MR) is 85.7 cm³/mol. The van der Waals surface area contributed by atoms with E-state index in [1.165, 1.54) is 0 Å². The third-order valence-electron chi connectivity index (χ3n) is 3.29. The first-order chi connectivity index (χ1) is 10.1. The molecule has 110 valence electrons. The molecular formula is C15H19N5S. The summed E-state index contributed by atoms with van der Waals surface area (Å²) in [6, 6.07) is 6.04. The van der Waals surface area contributed by atoms with Crippen molar-refractivity contribution in [2.24, 2.45) is 5.92 Å². The van der Waals surface area contributed by atoms with Crippen LogP contribution in [0.3, 0.4) is 0 Å². The molecule has 0 saturated carbocycles. The molecule has 0 fully saturated rings. The Bertz CT molecular complexity index is 743. The van der Waals surface area contributed by atoms with Crippen molar-refractivity contribution in [1.82, 2.24) is 19.6 Å². The van der Waals surface area contributed by atoms with Crippen LogP contribution >= 0.6 is 11.3 Å². The third-order valence-corrected chi connectivity index (χ3v) is 4.19. The largest absolute Gasteiger partial charge is 0.354 e. The monoisotopic (exact) mass is 301 g/mol. The number of rotatable bonds is 5. The molecule has 3 aromatic rings. The highest BCUT2D eigenvalue weighted by atomic mass is 32.1. The van der Waals surface area contributed by atoms with E-state index in [-0.39, 0.29) is 0 Å². The molecule has 0 atom stereocenters. The van der Waals surface area contributed by atoms with Crippen LogP contribution in [0.2, 0.25) is 0 Å². The van der Waals surface area contributed by atoms with Crippen LogP contribution in [0.25, 0.3) is 5.65 Å². The number of hydrogen-bond donors (Lipinski definition) is 1. The van der Waals surface area contributed by atoms with Gasteiger partial charge in [0.1, 0.15) is 10.7 Å². The van der Waals surface area contributed by atoms with Crippen LogP contribution in [0, 0.1) is 12.8 Å². The summed E-state index contributed by atoms with van der Waals surface area (Å²) >= 11 is 1.63. The van der Waals surface area contributed by atoms with E-state index in [9.17, 15) is 0 Å². The second-order valence-electron chi connectivity index (χ2n) is 5.53. The number of anilines is 1. The number of pyridine rings is 1. The van der Waals surface area contributed by atoms with Crippen molar-refractivity contribution in [3.8, 4) is 0 Å². The fourth-order valence-electron chi connectivity index (χ4n) is 2.29. The molecule has 3 aromatic heterocycles. The SMILES string of the molecule is Cc1nc2ccccn2c1CNc1nnc(CC(C)C)s1. The van der Waals surface area contributed by atoms with E-state index in [2.05, 4.69) is 38.7 Å². The average Bonchev–Trinajstić information content (AvgIpc) is 2.99. The number of nitrogens with one attached hydrogen (secondary N) is 1. The molecule has 0 amide bonds. The lowest BCUT2D eigenvalue weighted by atomic mass is 10.1. The molecule has 3 heterocycles. The lowest BCUT2D eigenvalue weighted by Crippen LogP contribution is -2.03. The second-order valence-corrected chi connectivity index (χ2v) is 6.59. The molecule has 0 unspecified atom stereocenters. The molecule has 0 aliphatic rings. The number of fused-ring (bicyclic) bond motifs is 1. The molecule has 0 spiro atoms. The van der Waals surface area contributed by atoms with Gasteiger partial charge < -0.3 is 9.72 Å². The van der Waals surface area contributed by atoms with Gasteiger partial charge in [-0.3, -0.25) is 0 Å². The van der Waals surface area contributed by atoms with Crippen molar-refractivity contribution in [2.75, 3.05) is 5.32 Å². The van der Waals surface area contributed by atoms with Gasteiger partial charge in [0.15, 0.2) is 0 Å². The molecule has 3 rings (SSSR count). The Morgan fingerprint density at radius 3 is 2.95 bits per heavy atom. The van der Waals surface area contributed by atoms with Crippen molar-refractivity contribution < 1.29 is 0 Å². The predicted octanol–water partition coefficient (Wildman–Crippen LogP) is 3.30. The average molecular weight is 301 g/mol. The standard InChI is InChI=1S/C15H19N5S/c1-10(2)8-14-18-19-15(21-14)16-9-12-11(3)17-13-6-4-5-7-20(12)13/h4-7,10H,8-9H2,1-3H3,(H,16,19). The zero-order chi connectivity index (χ0) is 14.8. The summed E-state index contributed by atoms with van der Waals surface area (Å²) in [5.41, 5.74) is 3.18. The van der Waals surface area contributed by atoms with Gasteiger partial charge in [-0.15, -0.1) is 10.2 Å². The molecule has 0 aromatic carbocycles. The highest BCUT2D eigenvalue weighted by Crippen LogP contribution is 2.20. The first-order valence-corrected chi connectivity index (χ1v) is 7.94. The van der Waals surface area contributed by atoms with Crippen LogP contribution in [0.5, 0.6) is 0 Å². The maximum absolute atomic E-state index is 4.56. The van der Waals surface area contributed by atoms with E-state index in [0.29, 0.717) is 12.5 Å². The van der Waals surface area contributed by atoms with Crippen LogP contribution in [-0.2, 0) is 13.0 Å². The van der Waals surface area contributed by atoms with Gasteiger partial charge in [0.05, 0.1) is 17.9 Å². The van der Waals surface area contributed by atoms with Gasteiger partial charge in [-0.2, -0.15) is 0 Å². The van der Waals surface area contributed by atoms with Crippen LogP contribution < -0.4 is 5.32 Å². The minimum absolute atomic E-state index is 0.604. The van der Waals surface area contributed by atoms with Crippen LogP contribution in [0.15, 0.2) is 24.4 Å². The highest BCUT2D eigenvalue weighted by Gasteiger charge is 2.10. The minimum Gasteiger partial charge on any atom is -0.354 e. The van der Waals surface area contributed by atoms with Crippen molar-refractivity contribution in [3.63, 3.8) is 0 Å². The van der Waals surface area contributed by atoms with Crippen LogP contribution in [0.4, 0.5) is 5.13 Å². The van der Waals surface area contributed by atoms with E-state index >= 15 is 0 Å². The van der Waals surface area contributed by atoms with E-state index in [1.807, 2.05) is 31.3 Å². The summed E-state index contributed by atoms with van der Waals surface area (Å²) in [7, 11) is 0. The molecule has 0 saturated heterocycles. The Morgan fingerprint density at radius 1 is 1.29 bits per heavy atom. The molecule has 5 nitrogen and oxygen atoms in total. The second kappa shape index (κ2) is 5.81. The quantitative estimate of drug-likeness (QED) is 0.785. The van der Waals surface area contributed by atoms with Crippen molar-refractivity contribution in [3.05, 3.63) is 40.8 Å². The molecule has 21 heavy (non-hydrogen) atoms. The smallest absolute Gasteiger partial charge is 0.205 e. The fraction of sp³-hybridized carbons (Fsp3) is 0.400. The topological polar surface area (TPSA) is 55.1 Å². The third kappa shape index (κ3) is 3.05. The summed E-state index contributed by atoms with van der Waals surface area (Å²) in [5, 5.41) is 13.7. The maximum atomic E-state index is 4.56. The summed E-state index contributed by atoms with van der Waals surface area (Å²) in [6.45, 7) is 7.12. The molecule has 6 heteroatoms. The fourth-order valence-corrected chi connectivity index (χ4v) is 3.24. The Balaban J connectivity index is 1.74. The number of hydrogen-bond acceptors (Lipinski definition) is 5. The van der Waals surface area contributed by atoms with E-state index < -0.39 is 0 Å². The molecule has 0 aliphatic heterocycles. The highest BCUT2D eigenvalue weighted by molar-refractivity contribution is 7.15. The zero-order valence-corrected chi connectivity index (χ0v) is 13.3. The van der Waals surface area contributed by atoms with E-state index in [0.717, 1.165) is 33.6 Å². The first-order valence-electron chi connectivity index (χ1n) is 7.12. The lowest BCUT2D eigenvalue weighted by molar-refractivity contribution is 0.640. The Morgan fingerprint density at radius 2 is 2.14 bits per heavy atom. The van der Waals surface area contributed by atoms with Gasteiger partial charge in [-0.05, 0) is 25.0 Å². The van der Waals surface area contributed by atoms with Gasteiger partial charge in [-0.25, -0.2) is 4.98 Å². The molecular weight excluding hydrogens is 282 g/mol. The van der Waals surface area contributed by atoms with Crippen molar-refractivity contribution >= 4 is 22.1 Å². The maximum Gasteiger partial charge on any atom is 0.205 e. The number of aryl methyl sites for hydroxylation is 1. The van der Waals surface area contributed by atoms with Crippen molar-refractivity contribution in [1.29, 1.82) is 0 Å². The van der Waals surface area contributed by atoms with Crippen LogP contribution in [0.1, 0.15) is 30.2 Å². The Kier molecular flexibility index (Phi) is 3.88. The summed E-state index contributed by atoms with van der Waals surface area (Å²) in [6.07, 6.45) is 3.02. The Hall–Kier alpha value is -1.95. The summed E-state index contributed by atoms with van der Waals surface area (Å²) in [5.74, 6) is 0.604. The van der Waals surface area contributed by atoms with Gasteiger partial charge in [0, 0.05) is 12.6 Å². The van der Waals surface area contributed by atoms with Gasteiger partial charge >= 0.3 is 0 Å². The first kappa shape index (κ1) is 14.0. The summed E-state index contributed by atoms with van der Waals surface area (Å²) < 4.78 is 2.11. The van der Waals surface area contributed by atoms with Crippen molar-refractivity contribution in [2.45, 2.75) is 33.7 Å². The lowest BCUT2D eigenvalue weighted by Gasteiger charge is -2.03. The molecule has 0 aliphatic carbocycles. The zero-order valence-electron chi connectivity index (χ0n) is 12.5. The molecule has 1 N–H and O–H groups in total.